The Hall–Kier alpha value is -3.06. The first kappa shape index (κ1) is 26.0. The van der Waals surface area contributed by atoms with Crippen molar-refractivity contribution in [2.75, 3.05) is 38.2 Å². The van der Waals surface area contributed by atoms with Crippen molar-refractivity contribution >= 4 is 40.3 Å². The van der Waals surface area contributed by atoms with Crippen molar-refractivity contribution < 1.29 is 32.2 Å². The number of ether oxygens (including phenoxy) is 2. The summed E-state index contributed by atoms with van der Waals surface area (Å²) in [5.74, 6) is -1.57. The van der Waals surface area contributed by atoms with Crippen LogP contribution in [-0.2, 0) is 16.0 Å². The van der Waals surface area contributed by atoms with Crippen molar-refractivity contribution in [3.63, 3.8) is 0 Å². The van der Waals surface area contributed by atoms with Crippen LogP contribution in [0.3, 0.4) is 0 Å². The van der Waals surface area contributed by atoms with Crippen LogP contribution in [0.15, 0.2) is 42.5 Å². The summed E-state index contributed by atoms with van der Waals surface area (Å²) < 4.78 is 48.0. The standard InChI is InChI=1S/C23H20ClF3N4O4S/c24-16-3-1-2-15(10-16)22-30-29-21(36-22)12-18(32)14-4-5-19(35-23(25,26)27)17(11-14)28-20(33)13-31-6-8-34-9-7-31/h1-5,10-11H,6-9,12-13H2,(H,28,33). The molecule has 1 amide bonds. The smallest absolute Gasteiger partial charge is 0.404 e. The fourth-order valence-electron chi connectivity index (χ4n) is 3.47. The van der Waals surface area contributed by atoms with E-state index >= 15 is 0 Å². The molecule has 1 aliphatic rings. The van der Waals surface area contributed by atoms with E-state index < -0.39 is 23.8 Å². The summed E-state index contributed by atoms with van der Waals surface area (Å²) >= 11 is 7.21. The van der Waals surface area contributed by atoms with Gasteiger partial charge in [-0.25, -0.2) is 0 Å². The van der Waals surface area contributed by atoms with Gasteiger partial charge in [0, 0.05) is 29.2 Å². The molecular formula is C23H20ClF3N4O4S. The van der Waals surface area contributed by atoms with E-state index in [0.717, 1.165) is 11.6 Å². The normalized spacial score (nSPS) is 14.4. The van der Waals surface area contributed by atoms with E-state index in [1.165, 1.54) is 23.5 Å². The van der Waals surface area contributed by atoms with E-state index in [9.17, 15) is 22.8 Å². The molecule has 190 valence electrons. The Balaban J connectivity index is 1.50. The van der Waals surface area contributed by atoms with Crippen LogP contribution in [0.1, 0.15) is 15.4 Å². The van der Waals surface area contributed by atoms with Crippen molar-refractivity contribution in [2.45, 2.75) is 12.8 Å². The maximum absolute atomic E-state index is 12.9. The lowest BCUT2D eigenvalue weighted by Crippen LogP contribution is -2.41. The number of Topliss-reactive ketones (excluding diaryl/α,β-unsaturated/α-hetero) is 1. The zero-order chi connectivity index (χ0) is 25.7. The molecule has 0 spiro atoms. The number of halogens is 4. The molecule has 0 radical (unpaired) electrons. The molecule has 1 N–H and O–H groups in total. The average molecular weight is 541 g/mol. The molecule has 0 unspecified atom stereocenters. The minimum atomic E-state index is -4.97. The number of anilines is 1. The summed E-state index contributed by atoms with van der Waals surface area (Å²) in [6, 6.07) is 10.4. The van der Waals surface area contributed by atoms with E-state index in [1.54, 1.807) is 18.2 Å². The molecule has 36 heavy (non-hydrogen) atoms. The second-order valence-corrected chi connectivity index (χ2v) is 9.31. The fourth-order valence-corrected chi connectivity index (χ4v) is 4.49. The Labute approximate surface area is 213 Å². The molecule has 0 atom stereocenters. The number of hydrogen-bond donors (Lipinski definition) is 1. The number of carbonyl (C=O) groups is 2. The largest absolute Gasteiger partial charge is 0.573 e. The van der Waals surface area contributed by atoms with Crippen molar-refractivity contribution in [1.29, 1.82) is 0 Å². The Morgan fingerprint density at radius 1 is 1.14 bits per heavy atom. The Morgan fingerprint density at radius 3 is 2.64 bits per heavy atom. The number of ketones is 1. The summed E-state index contributed by atoms with van der Waals surface area (Å²) in [5, 5.41) is 12.1. The molecule has 1 saturated heterocycles. The van der Waals surface area contributed by atoms with Gasteiger partial charge in [0.1, 0.15) is 10.0 Å². The Kier molecular flexibility index (Phi) is 8.19. The van der Waals surface area contributed by atoms with E-state index in [1.807, 2.05) is 11.0 Å². The van der Waals surface area contributed by atoms with Crippen molar-refractivity contribution in [2.24, 2.45) is 0 Å². The topological polar surface area (TPSA) is 93.7 Å². The maximum Gasteiger partial charge on any atom is 0.573 e. The van der Waals surface area contributed by atoms with Crippen LogP contribution in [0.4, 0.5) is 18.9 Å². The van der Waals surface area contributed by atoms with Gasteiger partial charge in [0.25, 0.3) is 0 Å². The molecule has 4 rings (SSSR count). The minimum absolute atomic E-state index is 0.0376. The molecule has 2 aromatic carbocycles. The number of morpholine rings is 1. The number of alkyl halides is 3. The predicted octanol–water partition coefficient (Wildman–Crippen LogP) is 4.45. The van der Waals surface area contributed by atoms with Gasteiger partial charge in [0.05, 0.1) is 31.9 Å². The minimum Gasteiger partial charge on any atom is -0.404 e. The third-order valence-corrected chi connectivity index (χ3v) is 6.33. The van der Waals surface area contributed by atoms with Crippen LogP contribution >= 0.6 is 22.9 Å². The van der Waals surface area contributed by atoms with Crippen LogP contribution in [0.2, 0.25) is 5.02 Å². The first-order chi connectivity index (χ1) is 17.2. The van der Waals surface area contributed by atoms with E-state index in [2.05, 4.69) is 20.3 Å². The van der Waals surface area contributed by atoms with Crippen molar-refractivity contribution in [1.82, 2.24) is 15.1 Å². The number of nitrogens with zero attached hydrogens (tertiary/aromatic N) is 3. The van der Waals surface area contributed by atoms with Crippen molar-refractivity contribution in [3.8, 4) is 16.3 Å². The Bertz CT molecular complexity index is 1250. The molecule has 1 aromatic heterocycles. The van der Waals surface area contributed by atoms with Crippen molar-refractivity contribution in [3.05, 3.63) is 58.1 Å². The second kappa shape index (κ2) is 11.3. The van der Waals surface area contributed by atoms with Crippen LogP contribution < -0.4 is 10.1 Å². The lowest BCUT2D eigenvalue weighted by Gasteiger charge is -2.26. The molecule has 0 bridgehead atoms. The molecule has 13 heteroatoms. The van der Waals surface area contributed by atoms with Crippen LogP contribution in [0.5, 0.6) is 5.75 Å². The average Bonchev–Trinajstić information content (AvgIpc) is 3.28. The predicted molar refractivity (Wildman–Crippen MR) is 127 cm³/mol. The highest BCUT2D eigenvalue weighted by atomic mass is 35.5. The van der Waals surface area contributed by atoms with E-state index in [4.69, 9.17) is 16.3 Å². The van der Waals surface area contributed by atoms with Crippen LogP contribution in [-0.4, -0.2) is 66.0 Å². The second-order valence-electron chi connectivity index (χ2n) is 7.81. The number of hydrogen-bond acceptors (Lipinski definition) is 8. The molecule has 0 saturated carbocycles. The number of aromatic nitrogens is 2. The number of rotatable bonds is 8. The molecular weight excluding hydrogens is 521 g/mol. The van der Waals surface area contributed by atoms with Gasteiger partial charge in [-0.15, -0.1) is 23.4 Å². The van der Waals surface area contributed by atoms with Gasteiger partial charge in [-0.1, -0.05) is 35.1 Å². The lowest BCUT2D eigenvalue weighted by molar-refractivity contribution is -0.274. The zero-order valence-corrected chi connectivity index (χ0v) is 20.3. The summed E-state index contributed by atoms with van der Waals surface area (Å²) in [4.78, 5) is 27.2. The van der Waals surface area contributed by atoms with E-state index in [-0.39, 0.29) is 24.2 Å². The maximum atomic E-state index is 12.9. The monoisotopic (exact) mass is 540 g/mol. The van der Waals surface area contributed by atoms with Gasteiger partial charge in [-0.05, 0) is 30.3 Å². The number of amides is 1. The van der Waals surface area contributed by atoms with Gasteiger partial charge in [-0.3, -0.25) is 14.5 Å². The highest BCUT2D eigenvalue weighted by molar-refractivity contribution is 7.14. The third kappa shape index (κ3) is 7.23. The summed E-state index contributed by atoms with van der Waals surface area (Å²) in [5.41, 5.74) is 0.580. The van der Waals surface area contributed by atoms with Crippen LogP contribution in [0, 0.1) is 0 Å². The van der Waals surface area contributed by atoms with Gasteiger partial charge in [0.2, 0.25) is 5.91 Å². The summed E-state index contributed by atoms with van der Waals surface area (Å²) in [6.07, 6.45) is -5.10. The summed E-state index contributed by atoms with van der Waals surface area (Å²) in [6.45, 7) is 1.94. The van der Waals surface area contributed by atoms with E-state index in [0.29, 0.717) is 41.3 Å². The van der Waals surface area contributed by atoms with Gasteiger partial charge >= 0.3 is 6.36 Å². The molecule has 0 aliphatic carbocycles. The first-order valence-electron chi connectivity index (χ1n) is 10.8. The lowest BCUT2D eigenvalue weighted by atomic mass is 10.1. The fraction of sp³-hybridized carbons (Fsp3) is 0.304. The van der Waals surface area contributed by atoms with Gasteiger partial charge < -0.3 is 14.8 Å². The zero-order valence-electron chi connectivity index (χ0n) is 18.7. The molecule has 1 fully saturated rings. The van der Waals surface area contributed by atoms with Gasteiger partial charge in [0.15, 0.2) is 11.5 Å². The first-order valence-corrected chi connectivity index (χ1v) is 12.0. The highest BCUT2D eigenvalue weighted by Gasteiger charge is 2.32. The number of nitrogens with one attached hydrogen (secondary N) is 1. The molecule has 1 aliphatic heterocycles. The quantitative estimate of drug-likeness (QED) is 0.422. The highest BCUT2D eigenvalue weighted by Crippen LogP contribution is 2.32. The molecule has 2 heterocycles. The SMILES string of the molecule is O=C(CN1CCOCC1)Nc1cc(C(=O)Cc2nnc(-c3cccc(Cl)c3)s2)ccc1OC(F)(F)F. The Morgan fingerprint density at radius 2 is 1.92 bits per heavy atom. The van der Waals surface area contributed by atoms with Crippen LogP contribution in [0.25, 0.3) is 10.6 Å². The molecule has 3 aromatic rings. The molecule has 8 nitrogen and oxygen atoms in total. The third-order valence-electron chi connectivity index (χ3n) is 5.12. The number of benzene rings is 2. The summed E-state index contributed by atoms with van der Waals surface area (Å²) in [7, 11) is 0. The number of carbonyl (C=O) groups excluding carboxylic acids is 2. The van der Waals surface area contributed by atoms with Gasteiger partial charge in [-0.2, -0.15) is 0 Å².